The average Bonchev–Trinajstić information content (AvgIpc) is 3.14. The van der Waals surface area contributed by atoms with Gasteiger partial charge in [-0.05, 0) is 38.3 Å². The molecule has 0 saturated heterocycles. The summed E-state index contributed by atoms with van der Waals surface area (Å²) in [6.45, 7) is 6.02. The minimum absolute atomic E-state index is 0.0918. The van der Waals surface area contributed by atoms with Gasteiger partial charge >= 0.3 is 0 Å². The van der Waals surface area contributed by atoms with E-state index in [1.54, 1.807) is 32.4 Å². The Morgan fingerprint density at radius 3 is 2.27 bits per heavy atom. The topological polar surface area (TPSA) is 77.8 Å². The van der Waals surface area contributed by atoms with Crippen LogP contribution in [0.3, 0.4) is 0 Å². The second-order valence-electron chi connectivity index (χ2n) is 7.97. The maximum atomic E-state index is 12.7. The van der Waals surface area contributed by atoms with E-state index in [9.17, 15) is 4.79 Å². The summed E-state index contributed by atoms with van der Waals surface area (Å²) in [7, 11) is 3.16. The lowest BCUT2D eigenvalue weighted by Gasteiger charge is -2.13. The minimum atomic E-state index is -0.0918. The smallest absolute Gasteiger partial charge is 0.224 e. The Morgan fingerprint density at radius 1 is 0.970 bits per heavy atom. The molecule has 0 aliphatic carbocycles. The molecule has 0 atom stereocenters. The van der Waals surface area contributed by atoms with E-state index in [0.717, 1.165) is 39.4 Å². The summed E-state index contributed by atoms with van der Waals surface area (Å²) >= 11 is 0. The van der Waals surface area contributed by atoms with Crippen molar-refractivity contribution >= 4 is 17.2 Å². The fourth-order valence-corrected chi connectivity index (χ4v) is 4.11. The summed E-state index contributed by atoms with van der Waals surface area (Å²) in [5, 5.41) is 7.68. The number of amides is 1. The van der Waals surface area contributed by atoms with E-state index in [2.05, 4.69) is 17.4 Å². The number of rotatable bonds is 7. The van der Waals surface area contributed by atoms with Crippen molar-refractivity contribution in [3.63, 3.8) is 0 Å². The molecule has 0 saturated carbocycles. The number of ether oxygens (including phenoxy) is 2. The molecule has 33 heavy (non-hydrogen) atoms. The molecular weight excluding hydrogens is 416 g/mol. The van der Waals surface area contributed by atoms with Crippen LogP contribution in [-0.2, 0) is 11.2 Å². The van der Waals surface area contributed by atoms with Gasteiger partial charge in [-0.3, -0.25) is 4.79 Å². The van der Waals surface area contributed by atoms with Crippen molar-refractivity contribution in [2.45, 2.75) is 33.6 Å². The van der Waals surface area contributed by atoms with E-state index in [1.165, 1.54) is 0 Å². The second-order valence-corrected chi connectivity index (χ2v) is 7.97. The largest absolute Gasteiger partial charge is 0.497 e. The van der Waals surface area contributed by atoms with Gasteiger partial charge in [-0.15, -0.1) is 0 Å². The summed E-state index contributed by atoms with van der Waals surface area (Å²) in [4.78, 5) is 17.6. The molecule has 0 fully saturated rings. The molecule has 0 bridgehead atoms. The number of nitrogens with zero attached hydrogens (tertiary/aromatic N) is 3. The summed E-state index contributed by atoms with van der Waals surface area (Å²) in [5.74, 6) is 1.15. The van der Waals surface area contributed by atoms with Gasteiger partial charge in [-0.25, -0.2) is 9.50 Å². The van der Waals surface area contributed by atoms with Gasteiger partial charge < -0.3 is 14.8 Å². The predicted octanol–water partition coefficient (Wildman–Crippen LogP) is 4.91. The molecule has 0 aliphatic heterocycles. The summed E-state index contributed by atoms with van der Waals surface area (Å²) < 4.78 is 12.4. The Morgan fingerprint density at radius 2 is 1.64 bits per heavy atom. The maximum Gasteiger partial charge on any atom is 0.224 e. The van der Waals surface area contributed by atoms with Crippen LogP contribution in [0, 0.1) is 20.8 Å². The van der Waals surface area contributed by atoms with Crippen molar-refractivity contribution in [3.8, 4) is 22.6 Å². The monoisotopic (exact) mass is 444 g/mol. The lowest BCUT2D eigenvalue weighted by atomic mass is 10.0. The van der Waals surface area contributed by atoms with Crippen LogP contribution in [0.1, 0.15) is 29.1 Å². The molecule has 2 aromatic carbocycles. The van der Waals surface area contributed by atoms with Crippen LogP contribution in [0.25, 0.3) is 16.8 Å². The van der Waals surface area contributed by atoms with E-state index in [-0.39, 0.29) is 5.91 Å². The highest BCUT2D eigenvalue weighted by molar-refractivity contribution is 5.91. The van der Waals surface area contributed by atoms with Crippen LogP contribution in [0.15, 0.2) is 48.5 Å². The summed E-state index contributed by atoms with van der Waals surface area (Å²) in [5.41, 5.74) is 7.47. The molecular formula is C26H28N4O3. The Labute approximate surface area is 193 Å². The van der Waals surface area contributed by atoms with Gasteiger partial charge in [0.1, 0.15) is 11.5 Å². The van der Waals surface area contributed by atoms with E-state index in [1.807, 2.05) is 43.5 Å². The standard InChI is InChI=1S/C26H28N4O3/c1-16-23(11-12-24(31)28-20-13-21(32-4)15-22(14-20)33-5)18(3)30-26(27-16)25(17(2)29-30)19-9-7-6-8-10-19/h6-10,13-15H,11-12H2,1-5H3,(H,28,31). The zero-order chi connectivity index (χ0) is 23.5. The lowest BCUT2D eigenvalue weighted by Crippen LogP contribution is -2.14. The van der Waals surface area contributed by atoms with Gasteiger partial charge in [0.25, 0.3) is 0 Å². The first-order chi connectivity index (χ1) is 15.9. The number of carbonyl (C=O) groups excluding carboxylic acids is 1. The van der Waals surface area contributed by atoms with Crippen LogP contribution in [0.5, 0.6) is 11.5 Å². The number of hydrogen-bond donors (Lipinski definition) is 1. The number of aryl methyl sites for hydroxylation is 3. The van der Waals surface area contributed by atoms with Gasteiger partial charge in [0.05, 0.1) is 19.9 Å². The Balaban J connectivity index is 1.57. The highest BCUT2D eigenvalue weighted by Crippen LogP contribution is 2.30. The Hall–Kier alpha value is -3.87. The van der Waals surface area contributed by atoms with Crippen LogP contribution < -0.4 is 14.8 Å². The number of anilines is 1. The molecule has 0 spiro atoms. The zero-order valence-electron chi connectivity index (χ0n) is 19.6. The fraction of sp³-hybridized carbons (Fsp3) is 0.269. The number of benzene rings is 2. The first kappa shape index (κ1) is 22.3. The number of carbonyl (C=O) groups is 1. The third-order valence-electron chi connectivity index (χ3n) is 5.80. The minimum Gasteiger partial charge on any atom is -0.497 e. The molecule has 4 aromatic rings. The number of nitrogens with one attached hydrogen (secondary N) is 1. The SMILES string of the molecule is COc1cc(NC(=O)CCc2c(C)nc3c(-c4ccccc4)c(C)nn3c2C)cc(OC)c1. The van der Waals surface area contributed by atoms with Crippen molar-refractivity contribution < 1.29 is 14.3 Å². The van der Waals surface area contributed by atoms with E-state index in [4.69, 9.17) is 19.6 Å². The van der Waals surface area contributed by atoms with Crippen LogP contribution in [0.2, 0.25) is 0 Å². The first-order valence-corrected chi connectivity index (χ1v) is 10.8. The Bertz CT molecular complexity index is 1290. The molecule has 170 valence electrons. The zero-order valence-corrected chi connectivity index (χ0v) is 19.6. The van der Waals surface area contributed by atoms with Gasteiger partial charge in [-0.2, -0.15) is 5.10 Å². The maximum absolute atomic E-state index is 12.7. The molecule has 7 nitrogen and oxygen atoms in total. The van der Waals surface area contributed by atoms with Crippen molar-refractivity contribution in [2.24, 2.45) is 0 Å². The van der Waals surface area contributed by atoms with Crippen LogP contribution in [-0.4, -0.2) is 34.7 Å². The van der Waals surface area contributed by atoms with Crippen molar-refractivity contribution in [1.82, 2.24) is 14.6 Å². The summed E-state index contributed by atoms with van der Waals surface area (Å²) in [6.07, 6.45) is 0.882. The van der Waals surface area contributed by atoms with E-state index >= 15 is 0 Å². The lowest BCUT2D eigenvalue weighted by molar-refractivity contribution is -0.116. The van der Waals surface area contributed by atoms with E-state index in [0.29, 0.717) is 30.0 Å². The molecule has 2 heterocycles. The predicted molar refractivity (Wildman–Crippen MR) is 129 cm³/mol. The van der Waals surface area contributed by atoms with Gasteiger partial charge in [0.2, 0.25) is 5.91 Å². The quantitative estimate of drug-likeness (QED) is 0.438. The van der Waals surface area contributed by atoms with Crippen molar-refractivity contribution in [3.05, 3.63) is 71.2 Å². The van der Waals surface area contributed by atoms with Crippen LogP contribution in [0.4, 0.5) is 5.69 Å². The van der Waals surface area contributed by atoms with E-state index < -0.39 is 0 Å². The molecule has 4 rings (SSSR count). The van der Waals surface area contributed by atoms with Crippen LogP contribution >= 0.6 is 0 Å². The van der Waals surface area contributed by atoms with Crippen molar-refractivity contribution in [2.75, 3.05) is 19.5 Å². The third kappa shape index (κ3) is 4.53. The van der Waals surface area contributed by atoms with Gasteiger partial charge in [0, 0.05) is 47.3 Å². The normalized spacial score (nSPS) is 10.9. The summed E-state index contributed by atoms with van der Waals surface area (Å²) in [6, 6.07) is 15.5. The number of hydrogen-bond acceptors (Lipinski definition) is 5. The molecule has 1 amide bonds. The molecule has 0 aliphatic rings. The average molecular weight is 445 g/mol. The highest BCUT2D eigenvalue weighted by atomic mass is 16.5. The van der Waals surface area contributed by atoms with Gasteiger partial charge in [0.15, 0.2) is 5.65 Å². The molecule has 7 heteroatoms. The van der Waals surface area contributed by atoms with Crippen molar-refractivity contribution in [1.29, 1.82) is 0 Å². The number of methoxy groups -OCH3 is 2. The fourth-order valence-electron chi connectivity index (χ4n) is 4.11. The molecule has 0 radical (unpaired) electrons. The first-order valence-electron chi connectivity index (χ1n) is 10.8. The highest BCUT2D eigenvalue weighted by Gasteiger charge is 2.18. The Kier molecular flexibility index (Phi) is 6.31. The van der Waals surface area contributed by atoms with Gasteiger partial charge in [-0.1, -0.05) is 30.3 Å². The third-order valence-corrected chi connectivity index (χ3v) is 5.80. The molecule has 0 unspecified atom stereocenters. The number of aromatic nitrogens is 3. The molecule has 1 N–H and O–H groups in total. The number of fused-ring (bicyclic) bond motifs is 1. The molecule has 2 aromatic heterocycles. The second kappa shape index (κ2) is 9.32.